The molecule has 86 valence electrons. The van der Waals surface area contributed by atoms with Crippen molar-refractivity contribution in [3.8, 4) is 6.07 Å². The maximum absolute atomic E-state index is 11.7. The number of carbonyl (C=O) groups is 1. The van der Waals surface area contributed by atoms with E-state index in [4.69, 9.17) is 16.7 Å². The largest absolute Gasteiger partial charge is 0.402 e. The maximum Gasteiger partial charge on any atom is 0.162 e. The van der Waals surface area contributed by atoms with E-state index in [0.717, 1.165) is 5.56 Å². The highest BCUT2D eigenvalue weighted by Crippen LogP contribution is 2.29. The normalized spacial score (nSPS) is 17.1. The van der Waals surface area contributed by atoms with Crippen LogP contribution in [0.1, 0.15) is 30.0 Å². The van der Waals surface area contributed by atoms with Crippen molar-refractivity contribution in [3.63, 3.8) is 0 Å². The number of hydrogen-bond donors (Lipinski definition) is 2. The van der Waals surface area contributed by atoms with Crippen molar-refractivity contribution in [1.82, 2.24) is 0 Å². The van der Waals surface area contributed by atoms with Crippen LogP contribution in [0.2, 0.25) is 0 Å². The summed E-state index contributed by atoms with van der Waals surface area (Å²) in [6.07, 6.45) is 1.04. The fraction of sp³-hybridized carbons (Fsp3) is 0.231. The molecule has 1 aliphatic rings. The summed E-state index contributed by atoms with van der Waals surface area (Å²) in [5.41, 5.74) is 14.3. The quantitative estimate of drug-likeness (QED) is 0.792. The van der Waals surface area contributed by atoms with Crippen molar-refractivity contribution in [2.75, 3.05) is 0 Å². The molecule has 0 heterocycles. The lowest BCUT2D eigenvalue weighted by molar-refractivity contribution is -0.115. The standard InChI is InChI=1S/C13H13N3O/c14-7-8-1-3-9(4-2-8)13(16)12-10(15)5-6-11(12)17/h1-4,13H,5-6,15-16H2/t13-/m1/s1. The van der Waals surface area contributed by atoms with E-state index in [2.05, 4.69) is 0 Å². The summed E-state index contributed by atoms with van der Waals surface area (Å²) in [7, 11) is 0. The van der Waals surface area contributed by atoms with Crippen LogP contribution in [0.3, 0.4) is 0 Å². The van der Waals surface area contributed by atoms with Gasteiger partial charge in [-0.2, -0.15) is 5.26 Å². The minimum absolute atomic E-state index is 0.0272. The predicted molar refractivity (Wildman–Crippen MR) is 63.5 cm³/mol. The van der Waals surface area contributed by atoms with E-state index >= 15 is 0 Å². The highest BCUT2D eigenvalue weighted by atomic mass is 16.1. The molecule has 0 aromatic heterocycles. The lowest BCUT2D eigenvalue weighted by atomic mass is 9.97. The van der Waals surface area contributed by atoms with Crippen LogP contribution >= 0.6 is 0 Å². The number of rotatable bonds is 2. The van der Waals surface area contributed by atoms with Gasteiger partial charge in [0, 0.05) is 17.7 Å². The van der Waals surface area contributed by atoms with Crippen LogP contribution in [-0.4, -0.2) is 5.78 Å². The Morgan fingerprint density at radius 2 is 1.88 bits per heavy atom. The molecular formula is C13H13N3O. The summed E-state index contributed by atoms with van der Waals surface area (Å²) in [6.45, 7) is 0. The van der Waals surface area contributed by atoms with Gasteiger partial charge in [0.15, 0.2) is 5.78 Å². The first-order chi connectivity index (χ1) is 8.13. The number of nitrogens with zero attached hydrogens (tertiary/aromatic N) is 1. The second-order valence-corrected chi connectivity index (χ2v) is 4.07. The van der Waals surface area contributed by atoms with E-state index in [1.54, 1.807) is 24.3 Å². The van der Waals surface area contributed by atoms with Gasteiger partial charge >= 0.3 is 0 Å². The molecule has 0 fully saturated rings. The van der Waals surface area contributed by atoms with Gasteiger partial charge in [-0.1, -0.05) is 12.1 Å². The summed E-state index contributed by atoms with van der Waals surface area (Å²) in [5.74, 6) is 0.0272. The maximum atomic E-state index is 11.7. The summed E-state index contributed by atoms with van der Waals surface area (Å²) in [4.78, 5) is 11.7. The first-order valence-corrected chi connectivity index (χ1v) is 5.41. The Labute approximate surface area is 99.5 Å². The predicted octanol–water partition coefficient (Wildman–Crippen LogP) is 1.13. The third-order valence-corrected chi connectivity index (χ3v) is 2.98. The zero-order valence-corrected chi connectivity index (χ0v) is 9.31. The molecule has 0 amide bonds. The van der Waals surface area contributed by atoms with Crippen molar-refractivity contribution in [1.29, 1.82) is 5.26 Å². The van der Waals surface area contributed by atoms with E-state index in [-0.39, 0.29) is 5.78 Å². The number of ketones is 1. The van der Waals surface area contributed by atoms with Gasteiger partial charge in [-0.05, 0) is 24.1 Å². The molecular weight excluding hydrogens is 214 g/mol. The van der Waals surface area contributed by atoms with Gasteiger partial charge in [-0.25, -0.2) is 0 Å². The Kier molecular flexibility index (Phi) is 2.94. The first kappa shape index (κ1) is 11.4. The van der Waals surface area contributed by atoms with E-state index in [1.165, 1.54) is 0 Å². The highest BCUT2D eigenvalue weighted by Gasteiger charge is 2.26. The van der Waals surface area contributed by atoms with E-state index in [9.17, 15) is 4.79 Å². The molecule has 0 unspecified atom stereocenters. The van der Waals surface area contributed by atoms with Crippen molar-refractivity contribution in [3.05, 3.63) is 46.7 Å². The number of benzene rings is 1. The third kappa shape index (κ3) is 2.05. The topological polar surface area (TPSA) is 92.9 Å². The zero-order chi connectivity index (χ0) is 12.4. The Morgan fingerprint density at radius 1 is 1.24 bits per heavy atom. The number of hydrogen-bond acceptors (Lipinski definition) is 4. The molecule has 1 aromatic rings. The fourth-order valence-corrected chi connectivity index (χ4v) is 2.00. The van der Waals surface area contributed by atoms with Crippen LogP contribution in [0, 0.1) is 11.3 Å². The lowest BCUT2D eigenvalue weighted by Gasteiger charge is -2.13. The molecule has 4 nitrogen and oxygen atoms in total. The van der Waals surface area contributed by atoms with Crippen LogP contribution in [0.5, 0.6) is 0 Å². The second kappa shape index (κ2) is 4.40. The third-order valence-electron chi connectivity index (χ3n) is 2.98. The number of carbonyl (C=O) groups excluding carboxylic acids is 1. The van der Waals surface area contributed by atoms with Gasteiger partial charge in [-0.15, -0.1) is 0 Å². The molecule has 0 bridgehead atoms. The molecule has 1 aliphatic carbocycles. The Balaban J connectivity index is 2.31. The molecule has 0 saturated carbocycles. The summed E-state index contributed by atoms with van der Waals surface area (Å²) < 4.78 is 0. The van der Waals surface area contributed by atoms with Gasteiger partial charge < -0.3 is 11.5 Å². The van der Waals surface area contributed by atoms with Gasteiger partial charge in [0.1, 0.15) is 0 Å². The average Bonchev–Trinajstić information content (AvgIpc) is 2.68. The van der Waals surface area contributed by atoms with E-state index in [0.29, 0.717) is 29.7 Å². The smallest absolute Gasteiger partial charge is 0.162 e. The van der Waals surface area contributed by atoms with Crippen LogP contribution in [-0.2, 0) is 4.79 Å². The molecule has 4 N–H and O–H groups in total. The lowest BCUT2D eigenvalue weighted by Crippen LogP contribution is -2.19. The summed E-state index contributed by atoms with van der Waals surface area (Å²) in [5, 5.41) is 8.70. The number of allylic oxidation sites excluding steroid dienone is 1. The monoisotopic (exact) mass is 227 g/mol. The molecule has 4 heteroatoms. The zero-order valence-electron chi connectivity index (χ0n) is 9.31. The number of nitriles is 1. The molecule has 2 rings (SSSR count). The second-order valence-electron chi connectivity index (χ2n) is 4.07. The van der Waals surface area contributed by atoms with Crippen LogP contribution in [0.4, 0.5) is 0 Å². The molecule has 1 atom stereocenters. The van der Waals surface area contributed by atoms with Gasteiger partial charge in [0.05, 0.1) is 17.7 Å². The Hall–Kier alpha value is -2.12. The van der Waals surface area contributed by atoms with E-state index < -0.39 is 6.04 Å². The van der Waals surface area contributed by atoms with Gasteiger partial charge in [-0.3, -0.25) is 4.79 Å². The summed E-state index contributed by atoms with van der Waals surface area (Å²) >= 11 is 0. The molecule has 0 saturated heterocycles. The highest BCUT2D eigenvalue weighted by molar-refractivity contribution is 5.99. The van der Waals surface area contributed by atoms with Crippen molar-refractivity contribution < 1.29 is 4.79 Å². The van der Waals surface area contributed by atoms with Crippen LogP contribution in [0.15, 0.2) is 35.5 Å². The average molecular weight is 227 g/mol. The first-order valence-electron chi connectivity index (χ1n) is 5.41. The van der Waals surface area contributed by atoms with Gasteiger partial charge in [0.2, 0.25) is 0 Å². The Bertz CT molecular complexity index is 523. The molecule has 1 aromatic carbocycles. The molecule has 17 heavy (non-hydrogen) atoms. The molecule has 0 radical (unpaired) electrons. The minimum Gasteiger partial charge on any atom is -0.402 e. The molecule has 0 spiro atoms. The number of Topliss-reactive ketones (excluding diaryl/α,β-unsaturated/α-hetero) is 1. The van der Waals surface area contributed by atoms with Gasteiger partial charge in [0.25, 0.3) is 0 Å². The van der Waals surface area contributed by atoms with Crippen LogP contribution in [0.25, 0.3) is 0 Å². The van der Waals surface area contributed by atoms with Crippen LogP contribution < -0.4 is 11.5 Å². The van der Waals surface area contributed by atoms with Crippen molar-refractivity contribution in [2.24, 2.45) is 11.5 Å². The molecule has 0 aliphatic heterocycles. The van der Waals surface area contributed by atoms with Crippen molar-refractivity contribution >= 4 is 5.78 Å². The minimum atomic E-state index is -0.488. The SMILES string of the molecule is N#Cc1ccc([C@@H](N)C2=C(N)CCC2=O)cc1. The van der Waals surface area contributed by atoms with E-state index in [1.807, 2.05) is 6.07 Å². The Morgan fingerprint density at radius 3 is 2.35 bits per heavy atom. The number of nitrogens with two attached hydrogens (primary N) is 2. The fourth-order valence-electron chi connectivity index (χ4n) is 2.00. The summed E-state index contributed by atoms with van der Waals surface area (Å²) in [6, 6.07) is 8.44. The van der Waals surface area contributed by atoms with Crippen molar-refractivity contribution in [2.45, 2.75) is 18.9 Å².